The molecule has 2 aliphatic heterocycles. The Kier molecular flexibility index (Phi) is 4.94. The summed E-state index contributed by atoms with van der Waals surface area (Å²) in [7, 11) is 0. The molecule has 2 atom stereocenters. The largest absolute Gasteiger partial charge is 0.478 e. The number of fused-ring (bicyclic) bond motifs is 1. The first-order valence-corrected chi connectivity index (χ1v) is 9.40. The van der Waals surface area contributed by atoms with E-state index in [-0.39, 0.29) is 23.6 Å². The maximum atomic E-state index is 12.7. The van der Waals surface area contributed by atoms with Crippen LogP contribution >= 0.6 is 0 Å². The second-order valence-corrected chi connectivity index (χ2v) is 7.06. The molecule has 4 rings (SSSR count). The number of ether oxygens (including phenoxy) is 1. The predicted octanol–water partition coefficient (Wildman–Crippen LogP) is 1.86. The van der Waals surface area contributed by atoms with Crippen molar-refractivity contribution in [2.24, 2.45) is 0 Å². The molecule has 0 spiro atoms. The number of hydrogen-bond acceptors (Lipinski definition) is 5. The van der Waals surface area contributed by atoms with E-state index in [1.54, 1.807) is 12.1 Å². The molecule has 2 fully saturated rings. The van der Waals surface area contributed by atoms with Gasteiger partial charge in [0.25, 0.3) is 5.91 Å². The van der Waals surface area contributed by atoms with E-state index in [4.69, 9.17) is 9.84 Å². The monoisotopic (exact) mass is 369 g/mol. The Morgan fingerprint density at radius 2 is 1.96 bits per heavy atom. The molecule has 7 nitrogen and oxygen atoms in total. The Hall–Kier alpha value is -2.67. The van der Waals surface area contributed by atoms with E-state index in [1.165, 1.54) is 12.6 Å². The van der Waals surface area contributed by atoms with Gasteiger partial charge < -0.3 is 19.6 Å². The van der Waals surface area contributed by atoms with Gasteiger partial charge in [-0.25, -0.2) is 9.78 Å². The van der Waals surface area contributed by atoms with Crippen molar-refractivity contribution in [1.82, 2.24) is 9.88 Å². The van der Waals surface area contributed by atoms with Gasteiger partial charge in [-0.2, -0.15) is 0 Å². The molecule has 2 saturated heterocycles. The van der Waals surface area contributed by atoms with Crippen molar-refractivity contribution in [3.63, 3.8) is 0 Å². The number of carbonyl (C=O) groups is 2. The first kappa shape index (κ1) is 17.7. The van der Waals surface area contributed by atoms with Gasteiger partial charge in [-0.05, 0) is 37.5 Å². The normalized spacial score (nSPS) is 25.0. The van der Waals surface area contributed by atoms with Crippen LogP contribution in [0.3, 0.4) is 0 Å². The molecule has 0 radical (unpaired) electrons. The third-order valence-electron chi connectivity index (χ3n) is 5.34. The lowest BCUT2D eigenvalue weighted by Crippen LogP contribution is -2.51. The lowest BCUT2D eigenvalue weighted by Gasteiger charge is -2.41. The Balaban J connectivity index is 1.50. The van der Waals surface area contributed by atoms with E-state index in [0.29, 0.717) is 24.5 Å². The highest BCUT2D eigenvalue weighted by molar-refractivity contribution is 5.96. The molecule has 1 aromatic heterocycles. The lowest BCUT2D eigenvalue weighted by molar-refractivity contribution is -0.127. The number of aromatic nitrogens is 1. The first-order chi connectivity index (χ1) is 13.1. The van der Waals surface area contributed by atoms with E-state index in [9.17, 15) is 9.59 Å². The van der Waals surface area contributed by atoms with Crippen molar-refractivity contribution in [3.05, 3.63) is 47.7 Å². The lowest BCUT2D eigenvalue weighted by atomic mass is 9.96. The zero-order chi connectivity index (χ0) is 18.8. The molecule has 0 aromatic carbocycles. The van der Waals surface area contributed by atoms with Crippen LogP contribution in [0.15, 0.2) is 42.1 Å². The van der Waals surface area contributed by atoms with Crippen molar-refractivity contribution < 1.29 is 19.4 Å². The van der Waals surface area contributed by atoms with Gasteiger partial charge in [0.05, 0.1) is 18.2 Å². The number of carboxylic acids is 1. The number of hydrogen-bond donors (Lipinski definition) is 1. The highest BCUT2D eigenvalue weighted by Gasteiger charge is 2.34. The number of aromatic carboxylic acids is 1. The Morgan fingerprint density at radius 3 is 2.67 bits per heavy atom. The summed E-state index contributed by atoms with van der Waals surface area (Å²) >= 11 is 0. The van der Waals surface area contributed by atoms with Crippen LogP contribution < -0.4 is 4.90 Å². The molecule has 1 aromatic rings. The van der Waals surface area contributed by atoms with Crippen LogP contribution in [0.25, 0.3) is 0 Å². The van der Waals surface area contributed by atoms with Gasteiger partial charge in [0.1, 0.15) is 11.9 Å². The van der Waals surface area contributed by atoms with Crippen molar-refractivity contribution in [2.45, 2.75) is 31.4 Å². The van der Waals surface area contributed by atoms with Gasteiger partial charge in [-0.15, -0.1) is 0 Å². The topological polar surface area (TPSA) is 83.0 Å². The summed E-state index contributed by atoms with van der Waals surface area (Å²) in [6.45, 7) is 2.84. The Bertz CT molecular complexity index is 781. The van der Waals surface area contributed by atoms with E-state index in [1.807, 2.05) is 23.1 Å². The molecule has 3 heterocycles. The minimum atomic E-state index is -0.990. The zero-order valence-corrected chi connectivity index (χ0v) is 15.1. The molecule has 27 heavy (non-hydrogen) atoms. The van der Waals surface area contributed by atoms with E-state index < -0.39 is 5.97 Å². The van der Waals surface area contributed by atoms with Gasteiger partial charge in [-0.3, -0.25) is 4.79 Å². The Labute approximate surface area is 157 Å². The van der Waals surface area contributed by atoms with Gasteiger partial charge in [0, 0.05) is 31.4 Å². The first-order valence-electron chi connectivity index (χ1n) is 9.40. The van der Waals surface area contributed by atoms with E-state index >= 15 is 0 Å². The standard InChI is InChI=1S/C20H23N3O4/c24-19(22-8-2-1-3-9-22)14-4-6-16-17(12-14)27-11-10-23(16)18-7-5-15(13-21-18)20(25)26/h4-7,12-13,16-17H,1-3,8-11H2,(H,25,26). The van der Waals surface area contributed by atoms with Crippen molar-refractivity contribution >= 4 is 17.7 Å². The fraction of sp³-hybridized carbons (Fsp3) is 0.450. The third kappa shape index (κ3) is 3.60. The molecule has 1 N–H and O–H groups in total. The molecule has 142 valence electrons. The Morgan fingerprint density at radius 1 is 1.15 bits per heavy atom. The van der Waals surface area contributed by atoms with Gasteiger partial charge in [0.2, 0.25) is 0 Å². The maximum absolute atomic E-state index is 12.7. The SMILES string of the molecule is O=C(O)c1ccc(N2CCOC3C=C(C(=O)N4CCCCC4)C=CC32)nc1. The number of nitrogens with zero attached hydrogens (tertiary/aromatic N) is 3. The summed E-state index contributed by atoms with van der Waals surface area (Å²) in [5.74, 6) is -0.202. The van der Waals surface area contributed by atoms with E-state index in [2.05, 4.69) is 9.88 Å². The second-order valence-electron chi connectivity index (χ2n) is 7.06. The van der Waals surface area contributed by atoms with Crippen LogP contribution in [-0.4, -0.2) is 65.3 Å². The predicted molar refractivity (Wildman–Crippen MR) is 99.7 cm³/mol. The van der Waals surface area contributed by atoms with Crippen molar-refractivity contribution in [3.8, 4) is 0 Å². The highest BCUT2D eigenvalue weighted by atomic mass is 16.5. The van der Waals surface area contributed by atoms with Gasteiger partial charge >= 0.3 is 5.97 Å². The van der Waals surface area contributed by atoms with Crippen LogP contribution in [0.5, 0.6) is 0 Å². The van der Waals surface area contributed by atoms with Gasteiger partial charge in [-0.1, -0.05) is 12.2 Å². The number of morpholine rings is 1. The molecular weight excluding hydrogens is 346 g/mol. The van der Waals surface area contributed by atoms with E-state index in [0.717, 1.165) is 25.9 Å². The molecular formula is C20H23N3O4. The molecule has 1 aliphatic carbocycles. The van der Waals surface area contributed by atoms with Crippen LogP contribution in [0, 0.1) is 0 Å². The van der Waals surface area contributed by atoms with Gasteiger partial charge in [0.15, 0.2) is 0 Å². The number of piperidine rings is 1. The number of carboxylic acid groups (broad SMARTS) is 1. The fourth-order valence-electron chi connectivity index (χ4n) is 3.88. The molecule has 0 saturated carbocycles. The molecule has 0 bridgehead atoms. The number of likely N-dealkylation sites (tertiary alicyclic amines) is 1. The smallest absolute Gasteiger partial charge is 0.337 e. The molecule has 1 amide bonds. The average molecular weight is 369 g/mol. The molecule has 3 aliphatic rings. The quantitative estimate of drug-likeness (QED) is 0.876. The summed E-state index contributed by atoms with van der Waals surface area (Å²) in [5.41, 5.74) is 0.853. The number of carbonyl (C=O) groups excluding carboxylic acids is 1. The van der Waals surface area contributed by atoms with Crippen LogP contribution in [0.4, 0.5) is 5.82 Å². The summed E-state index contributed by atoms with van der Waals surface area (Å²) in [5, 5.41) is 9.03. The van der Waals surface area contributed by atoms with Crippen LogP contribution in [0.2, 0.25) is 0 Å². The summed E-state index contributed by atoms with van der Waals surface area (Å²) in [4.78, 5) is 32.1. The van der Waals surface area contributed by atoms with Crippen molar-refractivity contribution in [1.29, 1.82) is 0 Å². The summed E-state index contributed by atoms with van der Waals surface area (Å²) < 4.78 is 5.90. The summed E-state index contributed by atoms with van der Waals surface area (Å²) in [6, 6.07) is 3.22. The number of amides is 1. The molecule has 7 heteroatoms. The number of pyridine rings is 1. The minimum absolute atomic E-state index is 0.0557. The minimum Gasteiger partial charge on any atom is -0.478 e. The summed E-state index contributed by atoms with van der Waals surface area (Å²) in [6.07, 6.45) is 10.3. The fourth-order valence-corrected chi connectivity index (χ4v) is 3.88. The maximum Gasteiger partial charge on any atom is 0.337 e. The van der Waals surface area contributed by atoms with Crippen LogP contribution in [0.1, 0.15) is 29.6 Å². The zero-order valence-electron chi connectivity index (χ0n) is 15.1. The van der Waals surface area contributed by atoms with Crippen molar-refractivity contribution in [2.75, 3.05) is 31.1 Å². The molecule has 2 unspecified atom stereocenters. The van der Waals surface area contributed by atoms with Crippen LogP contribution in [-0.2, 0) is 9.53 Å². The number of rotatable bonds is 3. The number of anilines is 1. The second kappa shape index (κ2) is 7.52. The third-order valence-corrected chi connectivity index (χ3v) is 5.34. The average Bonchev–Trinajstić information content (AvgIpc) is 2.73. The highest BCUT2D eigenvalue weighted by Crippen LogP contribution is 2.27.